The van der Waals surface area contributed by atoms with Crippen LogP contribution in [0.15, 0.2) is 52.2 Å². The van der Waals surface area contributed by atoms with E-state index in [0.717, 1.165) is 24.5 Å². The summed E-state index contributed by atoms with van der Waals surface area (Å²) in [6, 6.07) is 4.64. The van der Waals surface area contributed by atoms with Gasteiger partial charge in [0, 0.05) is 43.1 Å². The van der Waals surface area contributed by atoms with Crippen LogP contribution in [-0.2, 0) is 17.8 Å². The second-order valence-electron chi connectivity index (χ2n) is 8.93. The van der Waals surface area contributed by atoms with Gasteiger partial charge in [-0.2, -0.15) is 0 Å². The molecule has 0 spiro atoms. The number of carbonyl (C=O) groups excluding carboxylic acids is 2. The number of fused-ring (bicyclic) bond motifs is 1. The van der Waals surface area contributed by atoms with Gasteiger partial charge in [-0.3, -0.25) is 24.1 Å². The largest absolute Gasteiger partial charge is 0.502 e. The van der Waals surface area contributed by atoms with Crippen molar-refractivity contribution in [2.24, 2.45) is 0 Å². The number of hydrogen-bond donors (Lipinski definition) is 2. The molecule has 12 heteroatoms. The number of halogens is 2. The Kier molecular flexibility index (Phi) is 6.66. The molecule has 3 aromatic rings. The maximum atomic E-state index is 14.0. The molecule has 0 saturated carbocycles. The molecule has 2 aliphatic heterocycles. The number of furan rings is 1. The third-order valence-corrected chi connectivity index (χ3v) is 6.39. The molecule has 5 rings (SSSR count). The van der Waals surface area contributed by atoms with Crippen molar-refractivity contribution in [1.29, 1.82) is 0 Å². The average molecular weight is 514 g/mol. The van der Waals surface area contributed by atoms with Gasteiger partial charge in [0.25, 0.3) is 11.8 Å². The molecule has 0 unspecified atom stereocenters. The zero-order valence-electron chi connectivity index (χ0n) is 19.7. The Labute approximate surface area is 209 Å². The van der Waals surface area contributed by atoms with E-state index in [1.54, 1.807) is 11.1 Å². The first kappa shape index (κ1) is 24.5. The summed E-state index contributed by atoms with van der Waals surface area (Å²) in [5.41, 5.74) is -0.994. The zero-order valence-corrected chi connectivity index (χ0v) is 19.7. The van der Waals surface area contributed by atoms with Gasteiger partial charge in [-0.05, 0) is 25.0 Å². The Morgan fingerprint density at radius 3 is 2.76 bits per heavy atom. The topological polar surface area (TPSA) is 117 Å². The molecule has 0 aliphatic carbocycles. The van der Waals surface area contributed by atoms with Gasteiger partial charge in [0.2, 0.25) is 5.43 Å². The van der Waals surface area contributed by atoms with Gasteiger partial charge in [-0.1, -0.05) is 6.07 Å². The normalized spacial score (nSPS) is 17.2. The number of aromatic hydroxyl groups is 1. The van der Waals surface area contributed by atoms with Crippen LogP contribution in [0.3, 0.4) is 0 Å². The lowest BCUT2D eigenvalue weighted by Crippen LogP contribution is -2.55. The van der Waals surface area contributed by atoms with Crippen LogP contribution >= 0.6 is 0 Å². The van der Waals surface area contributed by atoms with E-state index < -0.39 is 40.2 Å². The third-order valence-electron chi connectivity index (χ3n) is 6.39. The third kappa shape index (κ3) is 4.92. The molecule has 2 amide bonds. The standard InChI is InChI=1S/C25H24F2N4O6/c26-17-4-3-16(20(27)8-17)9-28-24(34)19-12-31-21(23(33)22(19)32)25(35)29(11-18-2-1-6-37-18)14-30(31)10-15-5-7-36-13-15/h3-5,7-8,12-13,18,33H,1-2,6,9-11,14H2,(H,28,34)/t18-/m1/s1. The van der Waals surface area contributed by atoms with Gasteiger partial charge in [-0.25, -0.2) is 8.78 Å². The number of ether oxygens (including phenoxy) is 1. The summed E-state index contributed by atoms with van der Waals surface area (Å²) in [4.78, 5) is 40.6. The van der Waals surface area contributed by atoms with Gasteiger partial charge in [0.1, 0.15) is 23.9 Å². The number of rotatable bonds is 7. The van der Waals surface area contributed by atoms with E-state index in [-0.39, 0.29) is 43.7 Å². The molecule has 2 N–H and O–H groups in total. The van der Waals surface area contributed by atoms with Crippen LogP contribution in [0.2, 0.25) is 0 Å². The molecule has 10 nitrogen and oxygen atoms in total. The lowest BCUT2D eigenvalue weighted by Gasteiger charge is -2.40. The Hall–Kier alpha value is -4.19. The van der Waals surface area contributed by atoms with Gasteiger partial charge >= 0.3 is 0 Å². The number of nitrogens with one attached hydrogen (secondary N) is 1. The number of amides is 2. The lowest BCUT2D eigenvalue weighted by atomic mass is 10.1. The fourth-order valence-corrected chi connectivity index (χ4v) is 4.48. The predicted molar refractivity (Wildman–Crippen MR) is 125 cm³/mol. The number of pyridine rings is 1. The number of carbonyl (C=O) groups is 2. The predicted octanol–water partition coefficient (Wildman–Crippen LogP) is 2.09. The minimum absolute atomic E-state index is 0.0126. The lowest BCUT2D eigenvalue weighted by molar-refractivity contribution is 0.0455. The fourth-order valence-electron chi connectivity index (χ4n) is 4.48. The molecular formula is C25H24F2N4O6. The Balaban J connectivity index is 1.47. The van der Waals surface area contributed by atoms with E-state index in [1.165, 1.54) is 34.4 Å². The van der Waals surface area contributed by atoms with Crippen molar-refractivity contribution in [3.8, 4) is 5.75 Å². The highest BCUT2D eigenvalue weighted by Gasteiger charge is 2.36. The first-order valence-corrected chi connectivity index (χ1v) is 11.7. The molecule has 4 heterocycles. The smallest absolute Gasteiger partial charge is 0.277 e. The van der Waals surface area contributed by atoms with E-state index in [1.807, 2.05) is 0 Å². The SMILES string of the molecule is O=C(NCc1ccc(F)cc1F)c1cn2c(c(O)c1=O)C(=O)N(C[C@H]1CCCO1)CN2Cc1ccoc1. The molecule has 194 valence electrons. The molecule has 1 fully saturated rings. The molecule has 2 aliphatic rings. The van der Waals surface area contributed by atoms with Crippen molar-refractivity contribution in [1.82, 2.24) is 14.9 Å². The molecular weight excluding hydrogens is 490 g/mol. The summed E-state index contributed by atoms with van der Waals surface area (Å²) in [7, 11) is 0. The van der Waals surface area contributed by atoms with E-state index in [0.29, 0.717) is 12.7 Å². The summed E-state index contributed by atoms with van der Waals surface area (Å²) in [5, 5.41) is 14.9. The van der Waals surface area contributed by atoms with E-state index >= 15 is 0 Å². The van der Waals surface area contributed by atoms with Crippen molar-refractivity contribution in [2.45, 2.75) is 32.0 Å². The molecule has 1 aromatic carbocycles. The minimum Gasteiger partial charge on any atom is -0.502 e. The van der Waals surface area contributed by atoms with Crippen LogP contribution in [-0.4, -0.2) is 52.4 Å². The van der Waals surface area contributed by atoms with Crippen LogP contribution in [0.4, 0.5) is 8.78 Å². The second-order valence-corrected chi connectivity index (χ2v) is 8.93. The Morgan fingerprint density at radius 2 is 2.05 bits per heavy atom. The number of hydrogen-bond acceptors (Lipinski definition) is 7. The summed E-state index contributed by atoms with van der Waals surface area (Å²) >= 11 is 0. The Bertz CT molecular complexity index is 1380. The molecule has 0 radical (unpaired) electrons. The molecule has 1 atom stereocenters. The first-order chi connectivity index (χ1) is 17.8. The van der Waals surface area contributed by atoms with E-state index in [4.69, 9.17) is 9.15 Å². The summed E-state index contributed by atoms with van der Waals surface area (Å²) in [5.74, 6) is -3.96. The Morgan fingerprint density at radius 1 is 1.22 bits per heavy atom. The minimum atomic E-state index is -1.04. The van der Waals surface area contributed by atoms with Crippen LogP contribution in [0, 0.1) is 11.6 Å². The van der Waals surface area contributed by atoms with Crippen LogP contribution in [0.1, 0.15) is 44.8 Å². The van der Waals surface area contributed by atoms with Crippen molar-refractivity contribution < 1.29 is 32.6 Å². The van der Waals surface area contributed by atoms with Crippen LogP contribution < -0.4 is 15.8 Å². The highest BCUT2D eigenvalue weighted by Crippen LogP contribution is 2.24. The summed E-state index contributed by atoms with van der Waals surface area (Å²) in [6.07, 6.45) is 5.71. The first-order valence-electron chi connectivity index (χ1n) is 11.7. The van der Waals surface area contributed by atoms with Crippen molar-refractivity contribution >= 4 is 11.8 Å². The number of nitrogens with zero attached hydrogens (tertiary/aromatic N) is 3. The van der Waals surface area contributed by atoms with Crippen molar-refractivity contribution in [3.05, 3.63) is 87.2 Å². The van der Waals surface area contributed by atoms with E-state index in [2.05, 4.69) is 5.32 Å². The molecule has 0 bridgehead atoms. The fraction of sp³-hybridized carbons (Fsp3) is 0.320. The number of aromatic nitrogens is 1. The van der Waals surface area contributed by atoms with Crippen LogP contribution in [0.5, 0.6) is 5.75 Å². The molecule has 1 saturated heterocycles. The van der Waals surface area contributed by atoms with Gasteiger partial charge in [-0.15, -0.1) is 0 Å². The summed E-state index contributed by atoms with van der Waals surface area (Å²) in [6.45, 7) is 0.899. The maximum Gasteiger partial charge on any atom is 0.277 e. The summed E-state index contributed by atoms with van der Waals surface area (Å²) < 4.78 is 39.2. The van der Waals surface area contributed by atoms with E-state index in [9.17, 15) is 28.3 Å². The zero-order chi connectivity index (χ0) is 26.1. The maximum absolute atomic E-state index is 14.0. The molecule has 2 aromatic heterocycles. The number of benzene rings is 1. The van der Waals surface area contributed by atoms with Gasteiger partial charge < -0.3 is 24.5 Å². The average Bonchev–Trinajstić information content (AvgIpc) is 3.57. The van der Waals surface area contributed by atoms with Gasteiger partial charge in [0.15, 0.2) is 11.4 Å². The highest BCUT2D eigenvalue weighted by molar-refractivity contribution is 5.99. The van der Waals surface area contributed by atoms with Gasteiger partial charge in [0.05, 0.1) is 25.2 Å². The van der Waals surface area contributed by atoms with Crippen molar-refractivity contribution in [2.75, 3.05) is 24.8 Å². The second kappa shape index (κ2) is 10.1. The van der Waals surface area contributed by atoms with Crippen molar-refractivity contribution in [3.63, 3.8) is 0 Å². The quantitative estimate of drug-likeness (QED) is 0.496. The highest BCUT2D eigenvalue weighted by atomic mass is 19.1. The van der Waals surface area contributed by atoms with Crippen LogP contribution in [0.25, 0.3) is 0 Å². The monoisotopic (exact) mass is 514 g/mol. The molecule has 37 heavy (non-hydrogen) atoms.